The first kappa shape index (κ1) is 14.4. The minimum Gasteiger partial charge on any atom is -0.497 e. The van der Waals surface area contributed by atoms with E-state index in [0.29, 0.717) is 5.02 Å². The van der Waals surface area contributed by atoms with E-state index in [1.165, 1.54) is 0 Å². The van der Waals surface area contributed by atoms with E-state index in [4.69, 9.17) is 22.1 Å². The van der Waals surface area contributed by atoms with Crippen LogP contribution in [0.25, 0.3) is 0 Å². The second kappa shape index (κ2) is 5.95. The third-order valence-corrected chi connectivity index (χ3v) is 4.05. The zero-order chi connectivity index (χ0) is 14.0. The van der Waals surface area contributed by atoms with Crippen molar-refractivity contribution < 1.29 is 4.74 Å². The van der Waals surface area contributed by atoms with E-state index in [1.807, 2.05) is 43.3 Å². The molecule has 0 aliphatic rings. The number of halogens is 2. The summed E-state index contributed by atoms with van der Waals surface area (Å²) in [5.74, 6) is 0.790. The lowest BCUT2D eigenvalue weighted by atomic mass is 9.98. The SMILES string of the molecule is COc1ccc(C(N)c2ccc(C)cc2Cl)c(Br)c1. The first-order valence-electron chi connectivity index (χ1n) is 5.88. The molecular formula is C15H15BrClNO. The molecular weight excluding hydrogens is 326 g/mol. The number of nitrogens with two attached hydrogens (primary N) is 1. The lowest BCUT2D eigenvalue weighted by Crippen LogP contribution is -2.13. The van der Waals surface area contributed by atoms with Crippen molar-refractivity contribution in [2.45, 2.75) is 13.0 Å². The number of benzene rings is 2. The summed E-state index contributed by atoms with van der Waals surface area (Å²) in [6, 6.07) is 11.4. The Morgan fingerprint density at radius 1 is 1.16 bits per heavy atom. The minimum atomic E-state index is -0.270. The van der Waals surface area contributed by atoms with Crippen LogP contribution in [0, 0.1) is 6.92 Å². The summed E-state index contributed by atoms with van der Waals surface area (Å²) in [6.45, 7) is 2.00. The monoisotopic (exact) mass is 339 g/mol. The van der Waals surface area contributed by atoms with Crippen LogP contribution in [0.5, 0.6) is 5.75 Å². The lowest BCUT2D eigenvalue weighted by Gasteiger charge is -2.17. The molecule has 0 heterocycles. The van der Waals surface area contributed by atoms with Crippen molar-refractivity contribution in [1.29, 1.82) is 0 Å². The highest BCUT2D eigenvalue weighted by atomic mass is 79.9. The number of aryl methyl sites for hydroxylation is 1. The Morgan fingerprint density at radius 2 is 1.84 bits per heavy atom. The fraction of sp³-hybridized carbons (Fsp3) is 0.200. The zero-order valence-corrected chi connectivity index (χ0v) is 13.1. The summed E-state index contributed by atoms with van der Waals surface area (Å²) >= 11 is 9.79. The normalized spacial score (nSPS) is 12.3. The molecule has 0 radical (unpaired) electrons. The molecule has 0 aliphatic heterocycles. The Morgan fingerprint density at radius 3 is 2.42 bits per heavy atom. The zero-order valence-electron chi connectivity index (χ0n) is 10.8. The van der Waals surface area contributed by atoms with Crippen LogP contribution in [-0.2, 0) is 0 Å². The third kappa shape index (κ3) is 3.11. The number of rotatable bonds is 3. The van der Waals surface area contributed by atoms with Crippen molar-refractivity contribution >= 4 is 27.5 Å². The first-order chi connectivity index (χ1) is 9.02. The van der Waals surface area contributed by atoms with Gasteiger partial charge in [-0.05, 0) is 41.8 Å². The quantitative estimate of drug-likeness (QED) is 0.895. The molecule has 2 rings (SSSR count). The van der Waals surface area contributed by atoms with Gasteiger partial charge in [0, 0.05) is 9.50 Å². The predicted octanol–water partition coefficient (Wildman–Crippen LogP) is 4.47. The largest absolute Gasteiger partial charge is 0.497 e. The number of hydrogen-bond acceptors (Lipinski definition) is 2. The summed E-state index contributed by atoms with van der Waals surface area (Å²) in [4.78, 5) is 0. The summed E-state index contributed by atoms with van der Waals surface area (Å²) in [5, 5.41) is 0.690. The van der Waals surface area contributed by atoms with E-state index in [1.54, 1.807) is 7.11 Å². The molecule has 0 saturated carbocycles. The average molecular weight is 341 g/mol. The van der Waals surface area contributed by atoms with Crippen LogP contribution in [0.1, 0.15) is 22.7 Å². The van der Waals surface area contributed by atoms with E-state index in [9.17, 15) is 0 Å². The highest BCUT2D eigenvalue weighted by Crippen LogP contribution is 2.33. The summed E-state index contributed by atoms with van der Waals surface area (Å²) in [6.07, 6.45) is 0. The standard InChI is InChI=1S/C15H15BrClNO/c1-9-3-5-12(14(17)7-9)15(18)11-6-4-10(19-2)8-13(11)16/h3-8,15H,18H2,1-2H3. The molecule has 0 saturated heterocycles. The Labute approximate surface area is 126 Å². The smallest absolute Gasteiger partial charge is 0.120 e. The molecule has 0 bridgehead atoms. The van der Waals surface area contributed by atoms with Gasteiger partial charge in [0.1, 0.15) is 5.75 Å². The van der Waals surface area contributed by atoms with Crippen LogP contribution in [-0.4, -0.2) is 7.11 Å². The average Bonchev–Trinajstić information content (AvgIpc) is 2.37. The van der Waals surface area contributed by atoms with Gasteiger partial charge in [-0.2, -0.15) is 0 Å². The molecule has 1 unspecified atom stereocenters. The summed E-state index contributed by atoms with van der Waals surface area (Å²) < 4.78 is 6.09. The van der Waals surface area contributed by atoms with Gasteiger partial charge < -0.3 is 10.5 Å². The third-order valence-electron chi connectivity index (χ3n) is 3.03. The van der Waals surface area contributed by atoms with E-state index in [2.05, 4.69) is 15.9 Å². The highest BCUT2D eigenvalue weighted by Gasteiger charge is 2.15. The van der Waals surface area contributed by atoms with Crippen molar-refractivity contribution in [3.05, 3.63) is 62.6 Å². The van der Waals surface area contributed by atoms with Gasteiger partial charge in [-0.25, -0.2) is 0 Å². The van der Waals surface area contributed by atoms with Gasteiger partial charge in [0.15, 0.2) is 0 Å². The molecule has 1 atom stereocenters. The molecule has 100 valence electrons. The molecule has 0 aromatic heterocycles. The van der Waals surface area contributed by atoms with Gasteiger partial charge >= 0.3 is 0 Å². The maximum atomic E-state index is 6.30. The van der Waals surface area contributed by atoms with Gasteiger partial charge in [0.05, 0.1) is 13.2 Å². The molecule has 0 spiro atoms. The second-order valence-electron chi connectivity index (χ2n) is 4.39. The van der Waals surface area contributed by atoms with Gasteiger partial charge in [0.2, 0.25) is 0 Å². The Kier molecular flexibility index (Phi) is 4.50. The number of ether oxygens (including phenoxy) is 1. The Balaban J connectivity index is 2.41. The van der Waals surface area contributed by atoms with Crippen LogP contribution in [0.15, 0.2) is 40.9 Å². The predicted molar refractivity (Wildman–Crippen MR) is 82.9 cm³/mol. The molecule has 0 fully saturated rings. The van der Waals surface area contributed by atoms with E-state index < -0.39 is 0 Å². The van der Waals surface area contributed by atoms with Crippen molar-refractivity contribution in [2.24, 2.45) is 5.73 Å². The molecule has 0 aliphatic carbocycles. The van der Waals surface area contributed by atoms with Gasteiger partial charge in [-0.15, -0.1) is 0 Å². The molecule has 2 N–H and O–H groups in total. The summed E-state index contributed by atoms with van der Waals surface area (Å²) in [5.41, 5.74) is 9.32. The lowest BCUT2D eigenvalue weighted by molar-refractivity contribution is 0.414. The fourth-order valence-electron chi connectivity index (χ4n) is 1.94. The van der Waals surface area contributed by atoms with E-state index in [0.717, 1.165) is 26.9 Å². The molecule has 4 heteroatoms. The Hall–Kier alpha value is -1.03. The molecule has 19 heavy (non-hydrogen) atoms. The van der Waals surface area contributed by atoms with E-state index >= 15 is 0 Å². The topological polar surface area (TPSA) is 35.2 Å². The van der Waals surface area contributed by atoms with Gasteiger partial charge in [-0.1, -0.05) is 45.7 Å². The molecule has 2 nitrogen and oxygen atoms in total. The van der Waals surface area contributed by atoms with Gasteiger partial charge in [-0.3, -0.25) is 0 Å². The first-order valence-corrected chi connectivity index (χ1v) is 7.05. The maximum Gasteiger partial charge on any atom is 0.120 e. The van der Waals surface area contributed by atoms with Crippen LogP contribution in [0.2, 0.25) is 5.02 Å². The van der Waals surface area contributed by atoms with Crippen LogP contribution >= 0.6 is 27.5 Å². The summed E-state index contributed by atoms with van der Waals surface area (Å²) in [7, 11) is 1.64. The molecule has 2 aromatic rings. The van der Waals surface area contributed by atoms with Gasteiger partial charge in [0.25, 0.3) is 0 Å². The fourth-order valence-corrected chi connectivity index (χ4v) is 2.90. The molecule has 2 aromatic carbocycles. The van der Waals surface area contributed by atoms with Crippen molar-refractivity contribution in [1.82, 2.24) is 0 Å². The number of hydrogen-bond donors (Lipinski definition) is 1. The van der Waals surface area contributed by atoms with E-state index in [-0.39, 0.29) is 6.04 Å². The maximum absolute atomic E-state index is 6.30. The molecule has 0 amide bonds. The van der Waals surface area contributed by atoms with Crippen molar-refractivity contribution in [3.8, 4) is 5.75 Å². The van der Waals surface area contributed by atoms with Crippen LogP contribution < -0.4 is 10.5 Å². The van der Waals surface area contributed by atoms with Crippen molar-refractivity contribution in [3.63, 3.8) is 0 Å². The Bertz CT molecular complexity index is 601. The van der Waals surface area contributed by atoms with Crippen molar-refractivity contribution in [2.75, 3.05) is 7.11 Å². The number of methoxy groups -OCH3 is 1. The second-order valence-corrected chi connectivity index (χ2v) is 5.65. The highest BCUT2D eigenvalue weighted by molar-refractivity contribution is 9.10. The van der Waals surface area contributed by atoms with Crippen LogP contribution in [0.4, 0.5) is 0 Å². The minimum absolute atomic E-state index is 0.270. The van der Waals surface area contributed by atoms with Crippen LogP contribution in [0.3, 0.4) is 0 Å².